The molecule has 0 fully saturated rings. The lowest BCUT2D eigenvalue weighted by Crippen LogP contribution is -2.29. The summed E-state index contributed by atoms with van der Waals surface area (Å²) < 4.78 is 0. The van der Waals surface area contributed by atoms with E-state index in [1.54, 1.807) is 4.90 Å². The SMILES string of the molecule is CCCCN(C)C(=O)CSc1nc2scc(-c3ccc4c(c3)CCCC4)c2c(=O)[nH]1. The number of fused-ring (bicyclic) bond motifs is 2. The van der Waals surface area contributed by atoms with Gasteiger partial charge in [-0.25, -0.2) is 4.98 Å². The number of rotatable bonds is 7. The molecule has 7 heteroatoms. The molecule has 0 radical (unpaired) electrons. The van der Waals surface area contributed by atoms with Crippen LogP contribution in [0.2, 0.25) is 0 Å². The molecule has 158 valence electrons. The minimum atomic E-state index is -0.136. The highest BCUT2D eigenvalue weighted by Crippen LogP contribution is 2.34. The van der Waals surface area contributed by atoms with E-state index < -0.39 is 0 Å². The molecule has 1 aliphatic carbocycles. The van der Waals surface area contributed by atoms with Gasteiger partial charge in [0.2, 0.25) is 5.91 Å². The Hall–Kier alpha value is -2.12. The maximum Gasteiger partial charge on any atom is 0.260 e. The summed E-state index contributed by atoms with van der Waals surface area (Å²) in [5, 5.41) is 3.17. The van der Waals surface area contributed by atoms with Crippen LogP contribution in [0.1, 0.15) is 43.7 Å². The van der Waals surface area contributed by atoms with Gasteiger partial charge in [-0.15, -0.1) is 11.3 Å². The van der Waals surface area contributed by atoms with Crippen LogP contribution >= 0.6 is 23.1 Å². The third-order valence-corrected chi connectivity index (χ3v) is 7.42. The molecule has 0 atom stereocenters. The molecule has 0 saturated carbocycles. The Morgan fingerprint density at radius 2 is 2.07 bits per heavy atom. The third kappa shape index (κ3) is 4.47. The average molecular weight is 442 g/mol. The number of nitrogens with one attached hydrogen (secondary N) is 1. The van der Waals surface area contributed by atoms with E-state index in [1.807, 2.05) is 12.4 Å². The van der Waals surface area contributed by atoms with Crippen molar-refractivity contribution in [2.45, 2.75) is 50.6 Å². The Morgan fingerprint density at radius 3 is 2.87 bits per heavy atom. The Morgan fingerprint density at radius 1 is 1.27 bits per heavy atom. The van der Waals surface area contributed by atoms with Gasteiger partial charge in [0.05, 0.1) is 11.1 Å². The number of aromatic amines is 1. The first-order valence-corrected chi connectivity index (χ1v) is 12.4. The van der Waals surface area contributed by atoms with E-state index >= 15 is 0 Å². The Bertz CT molecular complexity index is 1120. The van der Waals surface area contributed by atoms with Gasteiger partial charge >= 0.3 is 0 Å². The van der Waals surface area contributed by atoms with Gasteiger partial charge in [-0.05, 0) is 48.8 Å². The minimum absolute atomic E-state index is 0.0529. The van der Waals surface area contributed by atoms with Gasteiger partial charge < -0.3 is 9.88 Å². The standard InChI is InChI=1S/C23H27N3O2S2/c1-3-4-11-26(2)19(27)14-30-23-24-21(28)20-18(13-29-22(20)25-23)17-10-9-15-7-5-6-8-16(15)12-17/h9-10,12-13H,3-8,11,14H2,1-2H3,(H,24,25,28). The number of aryl methyl sites for hydroxylation is 2. The van der Waals surface area contributed by atoms with Crippen molar-refractivity contribution in [2.24, 2.45) is 0 Å². The molecular weight excluding hydrogens is 414 g/mol. The number of thioether (sulfide) groups is 1. The zero-order chi connectivity index (χ0) is 21.1. The molecule has 2 heterocycles. The fourth-order valence-corrected chi connectivity index (χ4v) is 5.68. The summed E-state index contributed by atoms with van der Waals surface area (Å²) in [6.45, 7) is 2.87. The van der Waals surface area contributed by atoms with Gasteiger partial charge in [-0.3, -0.25) is 9.59 Å². The van der Waals surface area contributed by atoms with E-state index in [9.17, 15) is 9.59 Å². The molecule has 1 amide bonds. The molecule has 2 aromatic heterocycles. The van der Waals surface area contributed by atoms with E-state index in [0.29, 0.717) is 10.5 Å². The van der Waals surface area contributed by atoms with Crippen molar-refractivity contribution in [3.8, 4) is 11.1 Å². The van der Waals surface area contributed by atoms with Crippen molar-refractivity contribution in [3.05, 3.63) is 45.1 Å². The lowest BCUT2D eigenvalue weighted by Gasteiger charge is -2.16. The van der Waals surface area contributed by atoms with Crippen molar-refractivity contribution in [1.29, 1.82) is 0 Å². The number of carbonyl (C=O) groups excluding carboxylic acids is 1. The van der Waals surface area contributed by atoms with Crippen LogP contribution in [-0.2, 0) is 17.6 Å². The normalized spacial score (nSPS) is 13.4. The smallest absolute Gasteiger partial charge is 0.260 e. The van der Waals surface area contributed by atoms with Gasteiger partial charge in [-0.1, -0.05) is 43.3 Å². The molecule has 1 aromatic carbocycles. The van der Waals surface area contributed by atoms with Crippen LogP contribution in [0.5, 0.6) is 0 Å². The van der Waals surface area contributed by atoms with Crippen molar-refractivity contribution in [2.75, 3.05) is 19.3 Å². The lowest BCUT2D eigenvalue weighted by atomic mass is 9.89. The summed E-state index contributed by atoms with van der Waals surface area (Å²) in [6.07, 6.45) is 6.80. The quantitative estimate of drug-likeness (QED) is 0.419. The number of carbonyl (C=O) groups is 1. The van der Waals surface area contributed by atoms with Crippen LogP contribution in [0.3, 0.4) is 0 Å². The molecule has 5 nitrogen and oxygen atoms in total. The molecule has 1 N–H and O–H groups in total. The second kappa shape index (κ2) is 9.35. The van der Waals surface area contributed by atoms with Crippen molar-refractivity contribution in [1.82, 2.24) is 14.9 Å². The monoisotopic (exact) mass is 441 g/mol. The van der Waals surface area contributed by atoms with Gasteiger partial charge in [0.1, 0.15) is 4.83 Å². The minimum Gasteiger partial charge on any atom is -0.345 e. The summed E-state index contributed by atoms with van der Waals surface area (Å²) in [5.74, 6) is 0.328. The van der Waals surface area contributed by atoms with Crippen LogP contribution < -0.4 is 5.56 Å². The molecule has 0 saturated heterocycles. The zero-order valence-corrected chi connectivity index (χ0v) is 19.1. The largest absolute Gasteiger partial charge is 0.345 e. The van der Waals surface area contributed by atoms with E-state index in [1.165, 1.54) is 47.1 Å². The highest BCUT2D eigenvalue weighted by molar-refractivity contribution is 7.99. The molecule has 4 rings (SSSR count). The first kappa shape index (κ1) is 21.1. The maximum atomic E-state index is 12.9. The fraction of sp³-hybridized carbons (Fsp3) is 0.435. The summed E-state index contributed by atoms with van der Waals surface area (Å²) in [5.41, 5.74) is 4.74. The fourth-order valence-electron chi connectivity index (χ4n) is 3.87. The van der Waals surface area contributed by atoms with Gasteiger partial charge in [0.15, 0.2) is 5.16 Å². The Balaban J connectivity index is 1.55. The number of unbranched alkanes of at least 4 members (excludes halogenated alkanes) is 1. The number of H-pyrrole nitrogens is 1. The molecule has 0 unspecified atom stereocenters. The summed E-state index contributed by atoms with van der Waals surface area (Å²) in [7, 11) is 1.82. The number of amides is 1. The van der Waals surface area contributed by atoms with Crippen LogP contribution in [-0.4, -0.2) is 40.1 Å². The van der Waals surface area contributed by atoms with Crippen LogP contribution in [0.25, 0.3) is 21.3 Å². The second-order valence-electron chi connectivity index (χ2n) is 7.85. The highest BCUT2D eigenvalue weighted by atomic mass is 32.2. The number of benzene rings is 1. The second-order valence-corrected chi connectivity index (χ2v) is 9.67. The molecule has 1 aliphatic rings. The number of aromatic nitrogens is 2. The number of hydrogen-bond donors (Lipinski definition) is 1. The van der Waals surface area contributed by atoms with Gasteiger partial charge in [0.25, 0.3) is 5.56 Å². The van der Waals surface area contributed by atoms with E-state index in [2.05, 4.69) is 35.1 Å². The topological polar surface area (TPSA) is 66.1 Å². The van der Waals surface area contributed by atoms with E-state index in [-0.39, 0.29) is 17.2 Å². The van der Waals surface area contributed by atoms with Crippen molar-refractivity contribution < 1.29 is 4.79 Å². The molecule has 0 aliphatic heterocycles. The zero-order valence-electron chi connectivity index (χ0n) is 17.5. The summed E-state index contributed by atoms with van der Waals surface area (Å²) >= 11 is 2.78. The number of nitrogens with zero attached hydrogens (tertiary/aromatic N) is 2. The molecule has 3 aromatic rings. The van der Waals surface area contributed by atoms with E-state index in [4.69, 9.17) is 0 Å². The number of thiophene rings is 1. The predicted molar refractivity (Wildman–Crippen MR) is 126 cm³/mol. The highest BCUT2D eigenvalue weighted by Gasteiger charge is 2.17. The van der Waals surface area contributed by atoms with Crippen LogP contribution in [0.15, 0.2) is 33.5 Å². The Labute approximate surface area is 184 Å². The molecule has 0 spiro atoms. The summed E-state index contributed by atoms with van der Waals surface area (Å²) in [4.78, 5) is 35.1. The van der Waals surface area contributed by atoms with Gasteiger partial charge in [-0.2, -0.15) is 0 Å². The van der Waals surface area contributed by atoms with Crippen LogP contribution in [0, 0.1) is 0 Å². The maximum absolute atomic E-state index is 12.9. The molecule has 30 heavy (non-hydrogen) atoms. The van der Waals surface area contributed by atoms with Gasteiger partial charge in [0, 0.05) is 24.5 Å². The van der Waals surface area contributed by atoms with Crippen LogP contribution in [0.4, 0.5) is 0 Å². The number of hydrogen-bond acceptors (Lipinski definition) is 5. The Kier molecular flexibility index (Phi) is 6.58. The average Bonchev–Trinajstić information content (AvgIpc) is 3.20. The molecule has 0 bridgehead atoms. The third-order valence-electron chi connectivity index (χ3n) is 5.69. The van der Waals surface area contributed by atoms with E-state index in [0.717, 1.165) is 48.2 Å². The lowest BCUT2D eigenvalue weighted by molar-refractivity contribution is -0.127. The molecular formula is C23H27N3O2S2. The van der Waals surface area contributed by atoms with Crippen molar-refractivity contribution in [3.63, 3.8) is 0 Å². The predicted octanol–water partition coefficient (Wildman–Crippen LogP) is 4.88. The summed E-state index contributed by atoms with van der Waals surface area (Å²) in [6, 6.07) is 6.57. The first-order chi connectivity index (χ1) is 14.6. The first-order valence-electron chi connectivity index (χ1n) is 10.6. The van der Waals surface area contributed by atoms with Crippen molar-refractivity contribution >= 4 is 39.2 Å².